The van der Waals surface area contributed by atoms with Crippen molar-refractivity contribution in [3.63, 3.8) is 0 Å². The molecule has 2 aromatic carbocycles. The van der Waals surface area contributed by atoms with Crippen molar-refractivity contribution in [1.29, 1.82) is 5.41 Å². The Hall–Kier alpha value is -4.49. The number of guanidine groups is 1. The van der Waals surface area contributed by atoms with Crippen LogP contribution in [0.4, 0.5) is 0 Å². The molecule has 3 rings (SSSR count). The van der Waals surface area contributed by atoms with Crippen LogP contribution < -0.4 is 33.2 Å². The molecule has 0 radical (unpaired) electrons. The maximum absolute atomic E-state index is 14.0. The summed E-state index contributed by atoms with van der Waals surface area (Å²) in [7, 11) is 0. The van der Waals surface area contributed by atoms with Crippen LogP contribution in [-0.2, 0) is 27.8 Å². The highest BCUT2D eigenvalue weighted by Crippen LogP contribution is 2.25. The third-order valence-corrected chi connectivity index (χ3v) is 8.29. The number of phenolic OH excluding ortho intramolecular Hbond substituents is 1. The van der Waals surface area contributed by atoms with Crippen molar-refractivity contribution in [1.82, 2.24) is 26.1 Å². The minimum atomic E-state index is -0.985. The van der Waals surface area contributed by atoms with E-state index in [1.54, 1.807) is 12.1 Å². The van der Waals surface area contributed by atoms with Crippen molar-refractivity contribution in [2.24, 2.45) is 17.2 Å². The topological polar surface area (TPSA) is 231 Å². The fraction of sp³-hybridized carbons (Fsp3) is 0.514. The number of aryl methyl sites for hydroxylation is 2. The number of nitrogens with one attached hydrogen (secondary N) is 4. The molecule has 0 unspecified atom stereocenters. The molecular formula is C35H53N9O4. The Morgan fingerprint density at radius 2 is 1.67 bits per heavy atom. The maximum atomic E-state index is 14.0. The van der Waals surface area contributed by atoms with E-state index in [9.17, 15) is 14.7 Å². The van der Waals surface area contributed by atoms with Crippen LogP contribution in [0.1, 0.15) is 98.4 Å². The molecule has 48 heavy (non-hydrogen) atoms. The first kappa shape index (κ1) is 38.0. The van der Waals surface area contributed by atoms with Crippen molar-refractivity contribution in [3.05, 3.63) is 75.9 Å². The summed E-state index contributed by atoms with van der Waals surface area (Å²) in [5.41, 5.74) is 22.0. The summed E-state index contributed by atoms with van der Waals surface area (Å²) in [6, 6.07) is 9.10. The summed E-state index contributed by atoms with van der Waals surface area (Å²) in [5, 5.41) is 30.1. The third-order valence-electron chi connectivity index (χ3n) is 8.29. The number of benzene rings is 2. The molecule has 0 saturated carbocycles. The van der Waals surface area contributed by atoms with E-state index in [0.717, 1.165) is 28.7 Å². The van der Waals surface area contributed by atoms with E-state index in [-0.39, 0.29) is 29.4 Å². The van der Waals surface area contributed by atoms with Crippen LogP contribution in [0.15, 0.2) is 40.9 Å². The molecule has 1 heterocycles. The van der Waals surface area contributed by atoms with Gasteiger partial charge >= 0.3 is 0 Å². The van der Waals surface area contributed by atoms with E-state index in [0.29, 0.717) is 51.0 Å². The lowest BCUT2D eigenvalue weighted by Crippen LogP contribution is -2.53. The first-order valence-electron chi connectivity index (χ1n) is 16.5. The van der Waals surface area contributed by atoms with E-state index < -0.39 is 29.9 Å². The molecule has 3 atom stereocenters. The third kappa shape index (κ3) is 11.6. The summed E-state index contributed by atoms with van der Waals surface area (Å²) >= 11 is 0. The zero-order chi connectivity index (χ0) is 35.4. The average molecular weight is 664 g/mol. The van der Waals surface area contributed by atoms with Gasteiger partial charge in [0.1, 0.15) is 17.8 Å². The Morgan fingerprint density at radius 3 is 2.27 bits per heavy atom. The van der Waals surface area contributed by atoms with Crippen LogP contribution in [0, 0.1) is 19.3 Å². The lowest BCUT2D eigenvalue weighted by molar-refractivity contribution is -0.130. The first-order chi connectivity index (χ1) is 22.7. The molecule has 13 nitrogen and oxygen atoms in total. The fourth-order valence-corrected chi connectivity index (χ4v) is 5.47. The number of aromatic hydroxyl groups is 1. The van der Waals surface area contributed by atoms with Gasteiger partial charge in [0.15, 0.2) is 11.8 Å². The van der Waals surface area contributed by atoms with Crippen molar-refractivity contribution in [2.75, 3.05) is 13.1 Å². The van der Waals surface area contributed by atoms with Crippen LogP contribution in [0.2, 0.25) is 0 Å². The van der Waals surface area contributed by atoms with E-state index in [1.807, 2.05) is 13.8 Å². The van der Waals surface area contributed by atoms with Crippen LogP contribution >= 0.6 is 0 Å². The largest absolute Gasteiger partial charge is 0.508 e. The monoisotopic (exact) mass is 663 g/mol. The zero-order valence-electron chi connectivity index (χ0n) is 28.9. The normalized spacial score (nSPS) is 13.4. The average Bonchev–Trinajstić information content (AvgIpc) is 3.47. The molecule has 1 aromatic heterocycles. The number of carbonyl (C=O) groups excluding carboxylic acids is 2. The number of aromatic nitrogens is 2. The standard InChI is InChI=1S/C35H53N9O4/c1-21-17-25(45)18-22(2)26(21)20-29(42-31(46)27(37)9-8-16-40-34(38)39)32(47)41-28(10-6-7-15-36)33-43-30(44-48-33)19-23-11-13-24(14-12-23)35(3,4)5/h11-14,17-18,27-29,45H,6-10,15-16,19-20,36-37H2,1-5H3,(H,41,47)(H,42,46)(H4,38,39,40)/t27-,28-,29+/m1/s1. The number of amides is 2. The van der Waals surface area contributed by atoms with Crippen LogP contribution in [-0.4, -0.2) is 58.2 Å². The van der Waals surface area contributed by atoms with E-state index in [2.05, 4.69) is 71.1 Å². The molecule has 2 amide bonds. The molecule has 262 valence electrons. The second-order valence-corrected chi connectivity index (χ2v) is 13.4. The fourth-order valence-electron chi connectivity index (χ4n) is 5.47. The van der Waals surface area contributed by atoms with Crippen molar-refractivity contribution >= 4 is 17.8 Å². The van der Waals surface area contributed by atoms with Crippen LogP contribution in [0.3, 0.4) is 0 Å². The molecule has 11 N–H and O–H groups in total. The maximum Gasteiger partial charge on any atom is 0.249 e. The predicted octanol–water partition coefficient (Wildman–Crippen LogP) is 2.88. The molecule has 3 aromatic rings. The van der Waals surface area contributed by atoms with Gasteiger partial charge in [-0.2, -0.15) is 4.98 Å². The summed E-state index contributed by atoms with van der Waals surface area (Å²) < 4.78 is 5.68. The number of rotatable bonds is 17. The van der Waals surface area contributed by atoms with Crippen LogP contribution in [0.5, 0.6) is 5.75 Å². The minimum absolute atomic E-state index is 0.0443. The number of nitrogens with two attached hydrogens (primary N) is 3. The van der Waals surface area contributed by atoms with E-state index in [4.69, 9.17) is 27.1 Å². The molecule has 0 aliphatic heterocycles. The molecule has 0 bridgehead atoms. The Kier molecular flexibility index (Phi) is 13.9. The second-order valence-electron chi connectivity index (χ2n) is 13.4. The number of nitrogens with zero attached hydrogens (tertiary/aromatic N) is 2. The Balaban J connectivity index is 1.82. The highest BCUT2D eigenvalue weighted by atomic mass is 16.5. The van der Waals surface area contributed by atoms with Gasteiger partial charge in [-0.15, -0.1) is 0 Å². The Bertz CT molecular complexity index is 1490. The molecule has 0 fully saturated rings. The van der Waals surface area contributed by atoms with Gasteiger partial charge in [-0.1, -0.05) is 50.2 Å². The van der Waals surface area contributed by atoms with E-state index in [1.165, 1.54) is 5.56 Å². The van der Waals surface area contributed by atoms with Crippen molar-refractivity contribution in [2.45, 2.75) is 103 Å². The first-order valence-corrected chi connectivity index (χ1v) is 16.5. The zero-order valence-corrected chi connectivity index (χ0v) is 28.9. The van der Waals surface area contributed by atoms with Gasteiger partial charge in [0.25, 0.3) is 0 Å². The molecule has 0 aliphatic carbocycles. The van der Waals surface area contributed by atoms with Gasteiger partial charge in [-0.05, 0) is 97.9 Å². The summed E-state index contributed by atoms with van der Waals surface area (Å²) in [4.78, 5) is 31.8. The minimum Gasteiger partial charge on any atom is -0.508 e. The van der Waals surface area contributed by atoms with Crippen molar-refractivity contribution < 1.29 is 19.2 Å². The number of hydrogen-bond donors (Lipinski definition) is 8. The molecule has 0 spiro atoms. The lowest BCUT2D eigenvalue weighted by atomic mass is 9.86. The SMILES string of the molecule is Cc1cc(O)cc(C)c1C[C@H](NC(=O)[C@H](N)CCCNC(=N)N)C(=O)N[C@H](CCCCN)c1nc(Cc2ccc(C(C)(C)C)cc2)no1. The lowest BCUT2D eigenvalue weighted by Gasteiger charge is -2.24. The quantitative estimate of drug-likeness (QED) is 0.0598. The number of unbranched alkanes of at least 4 members (excludes halogenated alkanes) is 1. The van der Waals surface area contributed by atoms with Crippen LogP contribution in [0.25, 0.3) is 0 Å². The highest BCUT2D eigenvalue weighted by molar-refractivity contribution is 5.90. The Morgan fingerprint density at radius 1 is 1.00 bits per heavy atom. The summed E-state index contributed by atoms with van der Waals surface area (Å²) in [5.74, 6) is -0.179. The molecule has 0 saturated heterocycles. The Labute approximate surface area is 283 Å². The van der Waals surface area contributed by atoms with E-state index >= 15 is 0 Å². The predicted molar refractivity (Wildman–Crippen MR) is 186 cm³/mol. The molecular weight excluding hydrogens is 610 g/mol. The summed E-state index contributed by atoms with van der Waals surface area (Å²) in [6.07, 6.45) is 3.42. The van der Waals surface area contributed by atoms with Gasteiger partial charge in [0.2, 0.25) is 17.7 Å². The van der Waals surface area contributed by atoms with Gasteiger partial charge in [0, 0.05) is 19.4 Å². The smallest absolute Gasteiger partial charge is 0.249 e. The number of hydrogen-bond acceptors (Lipinski definition) is 9. The molecule has 13 heteroatoms. The number of carbonyl (C=O) groups is 2. The van der Waals surface area contributed by atoms with Gasteiger partial charge in [-0.3, -0.25) is 15.0 Å². The van der Waals surface area contributed by atoms with Gasteiger partial charge in [-0.25, -0.2) is 0 Å². The molecule has 0 aliphatic rings. The second kappa shape index (κ2) is 17.6. The van der Waals surface area contributed by atoms with Gasteiger partial charge in [0.05, 0.1) is 6.04 Å². The van der Waals surface area contributed by atoms with Gasteiger partial charge < -0.3 is 42.8 Å². The highest BCUT2D eigenvalue weighted by Gasteiger charge is 2.29. The summed E-state index contributed by atoms with van der Waals surface area (Å²) in [6.45, 7) is 11.1. The number of phenols is 1. The van der Waals surface area contributed by atoms with Crippen molar-refractivity contribution in [3.8, 4) is 5.75 Å².